The van der Waals surface area contributed by atoms with Gasteiger partial charge in [0.05, 0.1) is 7.11 Å². The summed E-state index contributed by atoms with van der Waals surface area (Å²) in [6, 6.07) is 10.5. The fourth-order valence-electron chi connectivity index (χ4n) is 4.39. The Morgan fingerprint density at radius 3 is 2.38 bits per heavy atom. The van der Waals surface area contributed by atoms with Crippen molar-refractivity contribution in [2.75, 3.05) is 18.6 Å². The minimum absolute atomic E-state index is 0.430. The van der Waals surface area contributed by atoms with Crippen molar-refractivity contribution in [3.05, 3.63) is 52.0 Å². The van der Waals surface area contributed by atoms with Crippen LogP contribution in [0.15, 0.2) is 30.3 Å². The fraction of sp³-hybridized carbons (Fsp3) is 0.429. The summed E-state index contributed by atoms with van der Waals surface area (Å²) in [7, 11) is 1.77. The molecule has 0 atom stereocenters. The fourth-order valence-corrected chi connectivity index (χ4v) is 4.51. The van der Waals surface area contributed by atoms with Gasteiger partial charge in [0.2, 0.25) is 0 Å². The normalized spacial score (nSPS) is 18.2. The Hall–Kier alpha value is -1.67. The molecule has 3 heteroatoms. The zero-order valence-electron chi connectivity index (χ0n) is 14.7. The van der Waals surface area contributed by atoms with Crippen molar-refractivity contribution in [3.8, 4) is 5.75 Å². The lowest BCUT2D eigenvalue weighted by molar-refractivity contribution is 0.138. The highest BCUT2D eigenvalue weighted by molar-refractivity contribution is 6.30. The number of rotatable bonds is 2. The van der Waals surface area contributed by atoms with E-state index < -0.39 is 0 Å². The van der Waals surface area contributed by atoms with Gasteiger partial charge >= 0.3 is 0 Å². The van der Waals surface area contributed by atoms with Crippen molar-refractivity contribution in [1.29, 1.82) is 0 Å². The lowest BCUT2D eigenvalue weighted by Gasteiger charge is -2.50. The lowest BCUT2D eigenvalue weighted by atomic mass is 9.63. The van der Waals surface area contributed by atoms with Gasteiger partial charge in [-0.25, -0.2) is 0 Å². The van der Waals surface area contributed by atoms with E-state index in [4.69, 9.17) is 16.3 Å². The second-order valence-electron chi connectivity index (χ2n) is 7.43. The number of halogens is 1. The summed E-state index contributed by atoms with van der Waals surface area (Å²) >= 11 is 6.11. The summed E-state index contributed by atoms with van der Waals surface area (Å²) in [6.45, 7) is 5.48. The monoisotopic (exact) mass is 341 g/mol. The predicted molar refractivity (Wildman–Crippen MR) is 101 cm³/mol. The number of hydrogen-bond acceptors (Lipinski definition) is 2. The molecule has 0 N–H and O–H groups in total. The third kappa shape index (κ3) is 2.39. The van der Waals surface area contributed by atoms with E-state index in [-0.39, 0.29) is 0 Å². The molecular weight excluding hydrogens is 318 g/mol. The molecule has 1 fully saturated rings. The van der Waals surface area contributed by atoms with Gasteiger partial charge in [-0.15, -0.1) is 0 Å². The first-order chi connectivity index (χ1) is 11.5. The molecule has 0 radical (unpaired) electrons. The minimum Gasteiger partial charge on any atom is -0.496 e. The van der Waals surface area contributed by atoms with Gasteiger partial charge in [-0.1, -0.05) is 18.0 Å². The molecule has 2 aliphatic rings. The third-order valence-corrected chi connectivity index (χ3v) is 6.25. The Labute approximate surface area is 149 Å². The first kappa shape index (κ1) is 15.8. The van der Waals surface area contributed by atoms with E-state index in [0.29, 0.717) is 5.41 Å². The number of nitrogens with zero attached hydrogens (tertiary/aromatic N) is 1. The minimum atomic E-state index is 0.430. The molecule has 24 heavy (non-hydrogen) atoms. The second kappa shape index (κ2) is 5.70. The van der Waals surface area contributed by atoms with Gasteiger partial charge in [0.15, 0.2) is 0 Å². The van der Waals surface area contributed by atoms with Crippen molar-refractivity contribution < 1.29 is 4.74 Å². The molecule has 0 bridgehead atoms. The molecule has 0 amide bonds. The molecule has 1 heterocycles. The molecule has 2 nitrogen and oxygen atoms in total. The number of ether oxygens (including phenoxy) is 1. The van der Waals surface area contributed by atoms with Gasteiger partial charge in [0.25, 0.3) is 0 Å². The highest BCUT2D eigenvalue weighted by Crippen LogP contribution is 2.53. The number of methoxy groups -OCH3 is 1. The van der Waals surface area contributed by atoms with Gasteiger partial charge in [-0.05, 0) is 85.5 Å². The first-order valence-electron chi connectivity index (χ1n) is 8.73. The average molecular weight is 342 g/mol. The zero-order chi connectivity index (χ0) is 16.9. The van der Waals surface area contributed by atoms with E-state index in [2.05, 4.69) is 36.9 Å². The van der Waals surface area contributed by atoms with E-state index in [0.717, 1.165) is 17.3 Å². The van der Waals surface area contributed by atoms with E-state index in [1.165, 1.54) is 53.7 Å². The van der Waals surface area contributed by atoms with Crippen LogP contribution in [0.25, 0.3) is 0 Å². The van der Waals surface area contributed by atoms with Gasteiger partial charge in [-0.2, -0.15) is 0 Å². The molecule has 1 saturated carbocycles. The predicted octanol–water partition coefficient (Wildman–Crippen LogP) is 5.83. The van der Waals surface area contributed by atoms with Crippen molar-refractivity contribution in [1.82, 2.24) is 0 Å². The standard InChI is InChI=1S/C21H24ClNO/c1-14-15(2)20-16(11-19(14)24-3)12-21(9-4-10-21)13-23(20)18-7-5-17(22)6-8-18/h5-8,11H,4,9-10,12-13H2,1-3H3. The molecule has 1 aliphatic heterocycles. The molecule has 0 unspecified atom stereocenters. The third-order valence-electron chi connectivity index (χ3n) is 6.00. The van der Waals surface area contributed by atoms with Crippen LogP contribution < -0.4 is 9.64 Å². The Bertz CT molecular complexity index is 777. The lowest BCUT2D eigenvalue weighted by Crippen LogP contribution is -2.46. The topological polar surface area (TPSA) is 12.5 Å². The SMILES string of the molecule is COc1cc2c(c(C)c1C)N(c1ccc(Cl)cc1)CC1(CCC1)C2. The van der Waals surface area contributed by atoms with Gasteiger partial charge in [-0.3, -0.25) is 0 Å². The highest BCUT2D eigenvalue weighted by Gasteiger charge is 2.43. The molecule has 4 rings (SSSR count). The van der Waals surface area contributed by atoms with Gasteiger partial charge in [0, 0.05) is 22.9 Å². The Morgan fingerprint density at radius 2 is 1.79 bits per heavy atom. The maximum Gasteiger partial charge on any atom is 0.122 e. The summed E-state index contributed by atoms with van der Waals surface area (Å²) in [5, 5.41) is 0.789. The Balaban J connectivity index is 1.88. The molecule has 1 spiro atoms. The molecule has 126 valence electrons. The van der Waals surface area contributed by atoms with Crippen LogP contribution in [0.2, 0.25) is 5.02 Å². The molecule has 0 aromatic heterocycles. The van der Waals surface area contributed by atoms with Crippen LogP contribution in [0.5, 0.6) is 5.75 Å². The molecule has 0 saturated heterocycles. The van der Waals surface area contributed by atoms with Crippen molar-refractivity contribution in [2.45, 2.75) is 39.5 Å². The van der Waals surface area contributed by atoms with E-state index in [1.807, 2.05) is 12.1 Å². The van der Waals surface area contributed by atoms with Crippen LogP contribution >= 0.6 is 11.6 Å². The van der Waals surface area contributed by atoms with E-state index in [9.17, 15) is 0 Å². The number of fused-ring (bicyclic) bond motifs is 1. The van der Waals surface area contributed by atoms with Crippen LogP contribution in [-0.2, 0) is 6.42 Å². The molecule has 2 aromatic carbocycles. The van der Waals surface area contributed by atoms with Crippen molar-refractivity contribution in [3.63, 3.8) is 0 Å². The zero-order valence-corrected chi connectivity index (χ0v) is 15.4. The van der Waals surface area contributed by atoms with E-state index in [1.54, 1.807) is 7.11 Å². The Morgan fingerprint density at radius 1 is 1.08 bits per heavy atom. The van der Waals surface area contributed by atoms with E-state index >= 15 is 0 Å². The highest BCUT2D eigenvalue weighted by atomic mass is 35.5. The second-order valence-corrected chi connectivity index (χ2v) is 7.87. The van der Waals surface area contributed by atoms with Crippen molar-refractivity contribution >= 4 is 23.0 Å². The van der Waals surface area contributed by atoms with Crippen LogP contribution in [0.4, 0.5) is 11.4 Å². The van der Waals surface area contributed by atoms with Gasteiger partial charge in [0.1, 0.15) is 5.75 Å². The summed E-state index contributed by atoms with van der Waals surface area (Å²) in [6.07, 6.45) is 5.17. The van der Waals surface area contributed by atoms with Crippen LogP contribution in [0.3, 0.4) is 0 Å². The van der Waals surface area contributed by atoms with Crippen molar-refractivity contribution in [2.24, 2.45) is 5.41 Å². The quantitative estimate of drug-likeness (QED) is 0.681. The summed E-state index contributed by atoms with van der Waals surface area (Å²) in [5.74, 6) is 1.01. The first-order valence-corrected chi connectivity index (χ1v) is 9.11. The maximum absolute atomic E-state index is 6.11. The molecule has 2 aromatic rings. The van der Waals surface area contributed by atoms with Crippen LogP contribution in [-0.4, -0.2) is 13.7 Å². The molecular formula is C21H24ClNO. The summed E-state index contributed by atoms with van der Waals surface area (Å²) in [5.41, 5.74) is 7.02. The largest absolute Gasteiger partial charge is 0.496 e. The van der Waals surface area contributed by atoms with Gasteiger partial charge < -0.3 is 9.64 Å². The van der Waals surface area contributed by atoms with Crippen LogP contribution in [0.1, 0.15) is 36.0 Å². The maximum atomic E-state index is 6.11. The summed E-state index contributed by atoms with van der Waals surface area (Å²) < 4.78 is 5.63. The average Bonchev–Trinajstić information content (AvgIpc) is 2.56. The number of benzene rings is 2. The summed E-state index contributed by atoms with van der Waals surface area (Å²) in [4.78, 5) is 2.51. The number of anilines is 2. The van der Waals surface area contributed by atoms with Crippen LogP contribution in [0, 0.1) is 19.3 Å². The number of hydrogen-bond donors (Lipinski definition) is 0. The molecule has 1 aliphatic carbocycles. The Kier molecular flexibility index (Phi) is 3.76. The smallest absolute Gasteiger partial charge is 0.122 e.